The maximum Gasteiger partial charge on any atom is 0.488 e. The van der Waals surface area contributed by atoms with Gasteiger partial charge in [0.25, 0.3) is 5.91 Å². The molecule has 1 aromatic rings. The van der Waals surface area contributed by atoms with E-state index in [4.69, 9.17) is 15.2 Å². The Bertz CT molecular complexity index is 421. The van der Waals surface area contributed by atoms with E-state index in [0.29, 0.717) is 0 Å². The highest BCUT2D eigenvalue weighted by atomic mass is 16.4. The molecule has 90 valence electrons. The Kier molecular flexibility index (Phi) is 4.68. The van der Waals surface area contributed by atoms with Crippen LogP contribution in [0.3, 0.4) is 0 Å². The van der Waals surface area contributed by atoms with Crippen LogP contribution in [0.15, 0.2) is 24.3 Å². The molecule has 6 nitrogen and oxygen atoms in total. The lowest BCUT2D eigenvalue weighted by molar-refractivity contribution is -0.136. The van der Waals surface area contributed by atoms with Gasteiger partial charge in [0, 0.05) is 12.1 Å². The minimum absolute atomic E-state index is 0.0279. The summed E-state index contributed by atoms with van der Waals surface area (Å²) in [6.45, 7) is 0.0279. The molecule has 17 heavy (non-hydrogen) atoms. The van der Waals surface area contributed by atoms with Crippen LogP contribution < -0.4 is 10.8 Å². The third kappa shape index (κ3) is 4.25. The summed E-state index contributed by atoms with van der Waals surface area (Å²) in [7, 11) is -1.64. The quantitative estimate of drug-likeness (QED) is 0.470. The van der Waals surface area contributed by atoms with E-state index in [1.165, 1.54) is 24.3 Å². The van der Waals surface area contributed by atoms with E-state index in [9.17, 15) is 9.59 Å². The fraction of sp³-hybridized carbons (Fsp3) is 0.200. The highest BCUT2D eigenvalue weighted by Crippen LogP contribution is 1.97. The van der Waals surface area contributed by atoms with Crippen molar-refractivity contribution in [2.24, 2.45) is 0 Å². The first-order valence-electron chi connectivity index (χ1n) is 4.97. The fourth-order valence-corrected chi connectivity index (χ4v) is 1.23. The lowest BCUT2D eigenvalue weighted by Gasteiger charge is -2.05. The second-order valence-corrected chi connectivity index (χ2v) is 3.40. The first-order chi connectivity index (χ1) is 8.00. The molecule has 0 bridgehead atoms. The van der Waals surface area contributed by atoms with Crippen molar-refractivity contribution in [1.29, 1.82) is 0 Å². The van der Waals surface area contributed by atoms with Crippen LogP contribution in [-0.2, 0) is 4.79 Å². The zero-order valence-corrected chi connectivity index (χ0v) is 8.96. The Labute approximate surface area is 98.0 Å². The molecule has 0 fully saturated rings. The van der Waals surface area contributed by atoms with Crippen LogP contribution in [0.25, 0.3) is 0 Å². The number of benzene rings is 1. The summed E-state index contributed by atoms with van der Waals surface area (Å²) in [5.74, 6) is -1.45. The van der Waals surface area contributed by atoms with Gasteiger partial charge < -0.3 is 20.5 Å². The van der Waals surface area contributed by atoms with Crippen molar-refractivity contribution in [3.8, 4) is 0 Å². The number of nitrogens with one attached hydrogen (secondary N) is 1. The molecule has 0 aliphatic heterocycles. The van der Waals surface area contributed by atoms with Crippen molar-refractivity contribution in [3.63, 3.8) is 0 Å². The molecule has 1 rings (SSSR count). The van der Waals surface area contributed by atoms with E-state index in [-0.39, 0.29) is 24.0 Å². The van der Waals surface area contributed by atoms with Crippen LogP contribution in [0.2, 0.25) is 0 Å². The van der Waals surface area contributed by atoms with Gasteiger partial charge in [-0.15, -0.1) is 0 Å². The molecule has 0 unspecified atom stereocenters. The van der Waals surface area contributed by atoms with Gasteiger partial charge in [0.1, 0.15) is 0 Å². The Morgan fingerprint density at radius 3 is 2.59 bits per heavy atom. The van der Waals surface area contributed by atoms with Crippen LogP contribution in [0.4, 0.5) is 0 Å². The summed E-state index contributed by atoms with van der Waals surface area (Å²) < 4.78 is 0. The second kappa shape index (κ2) is 6.02. The highest BCUT2D eigenvalue weighted by Gasteiger charge is 2.13. The van der Waals surface area contributed by atoms with Crippen LogP contribution >= 0.6 is 0 Å². The lowest BCUT2D eigenvalue weighted by atomic mass is 9.79. The molecule has 0 saturated heterocycles. The highest BCUT2D eigenvalue weighted by molar-refractivity contribution is 6.58. The number of hydrogen-bond acceptors (Lipinski definition) is 4. The topological polar surface area (TPSA) is 107 Å². The minimum atomic E-state index is -1.64. The Balaban J connectivity index is 2.62. The van der Waals surface area contributed by atoms with Crippen molar-refractivity contribution in [2.45, 2.75) is 6.42 Å². The third-order valence-electron chi connectivity index (χ3n) is 2.07. The predicted molar refractivity (Wildman–Crippen MR) is 60.9 cm³/mol. The Hall–Kier alpha value is -1.86. The molecule has 0 spiro atoms. The van der Waals surface area contributed by atoms with Gasteiger partial charge in [-0.1, -0.05) is 12.1 Å². The predicted octanol–water partition coefficient (Wildman–Crippen LogP) is -1.43. The Morgan fingerprint density at radius 1 is 1.29 bits per heavy atom. The van der Waals surface area contributed by atoms with Crippen molar-refractivity contribution >= 4 is 24.5 Å². The summed E-state index contributed by atoms with van der Waals surface area (Å²) in [4.78, 5) is 21.8. The number of carboxylic acids is 1. The van der Waals surface area contributed by atoms with Gasteiger partial charge in [0.15, 0.2) is 0 Å². The number of hydrogen-bond donors (Lipinski definition) is 4. The number of aliphatic carboxylic acids is 1. The molecule has 0 radical (unpaired) electrons. The van der Waals surface area contributed by atoms with Crippen molar-refractivity contribution in [1.82, 2.24) is 5.32 Å². The molecule has 0 atom stereocenters. The summed E-state index contributed by atoms with van der Waals surface area (Å²) in [5, 5.41) is 28.7. The first-order valence-corrected chi connectivity index (χ1v) is 4.97. The lowest BCUT2D eigenvalue weighted by Crippen LogP contribution is -2.32. The molecule has 4 N–H and O–H groups in total. The van der Waals surface area contributed by atoms with Gasteiger partial charge in [0.2, 0.25) is 0 Å². The molecule has 0 aliphatic carbocycles. The third-order valence-corrected chi connectivity index (χ3v) is 2.07. The minimum Gasteiger partial charge on any atom is -0.481 e. The number of amides is 1. The summed E-state index contributed by atoms with van der Waals surface area (Å²) in [6.07, 6.45) is -0.159. The summed E-state index contributed by atoms with van der Waals surface area (Å²) >= 11 is 0. The number of carbonyl (C=O) groups is 2. The van der Waals surface area contributed by atoms with Crippen LogP contribution in [0, 0.1) is 0 Å². The molecule has 1 aromatic carbocycles. The van der Waals surface area contributed by atoms with E-state index in [2.05, 4.69) is 5.32 Å². The van der Waals surface area contributed by atoms with Gasteiger partial charge in [-0.25, -0.2) is 0 Å². The average Bonchev–Trinajstić information content (AvgIpc) is 2.28. The summed E-state index contributed by atoms with van der Waals surface area (Å²) in [6, 6.07) is 5.82. The van der Waals surface area contributed by atoms with E-state index < -0.39 is 19.0 Å². The molecule has 0 heterocycles. The number of carboxylic acid groups (broad SMARTS) is 1. The largest absolute Gasteiger partial charge is 0.488 e. The van der Waals surface area contributed by atoms with Crippen LogP contribution in [0.5, 0.6) is 0 Å². The van der Waals surface area contributed by atoms with Crippen molar-refractivity contribution in [3.05, 3.63) is 29.8 Å². The first kappa shape index (κ1) is 13.2. The molecule has 7 heteroatoms. The van der Waals surface area contributed by atoms with Gasteiger partial charge in [-0.05, 0) is 17.6 Å². The molecule has 1 amide bonds. The van der Waals surface area contributed by atoms with Gasteiger partial charge in [-0.2, -0.15) is 0 Å². The van der Waals surface area contributed by atoms with Gasteiger partial charge in [-0.3, -0.25) is 9.59 Å². The van der Waals surface area contributed by atoms with E-state index in [1.807, 2.05) is 0 Å². The summed E-state index contributed by atoms with van der Waals surface area (Å²) in [5.41, 5.74) is 0.455. The fourth-order valence-electron chi connectivity index (χ4n) is 1.23. The second-order valence-electron chi connectivity index (χ2n) is 3.40. The zero-order valence-electron chi connectivity index (χ0n) is 8.96. The van der Waals surface area contributed by atoms with Crippen molar-refractivity contribution < 1.29 is 24.7 Å². The zero-order chi connectivity index (χ0) is 12.8. The van der Waals surface area contributed by atoms with E-state index in [0.717, 1.165) is 0 Å². The van der Waals surface area contributed by atoms with Gasteiger partial charge in [0.05, 0.1) is 6.42 Å². The van der Waals surface area contributed by atoms with Crippen LogP contribution in [0.1, 0.15) is 16.8 Å². The van der Waals surface area contributed by atoms with E-state index in [1.54, 1.807) is 0 Å². The number of rotatable bonds is 5. The SMILES string of the molecule is O=C(O)CCNC(=O)c1cccc(B(O)O)c1. The van der Waals surface area contributed by atoms with Crippen molar-refractivity contribution in [2.75, 3.05) is 6.54 Å². The Morgan fingerprint density at radius 2 is 2.00 bits per heavy atom. The van der Waals surface area contributed by atoms with Crippen LogP contribution in [-0.4, -0.2) is 40.7 Å². The average molecular weight is 237 g/mol. The normalized spacial score (nSPS) is 9.76. The smallest absolute Gasteiger partial charge is 0.481 e. The molecule has 0 aliphatic rings. The monoisotopic (exact) mass is 237 g/mol. The van der Waals surface area contributed by atoms with E-state index >= 15 is 0 Å². The molecular weight excluding hydrogens is 225 g/mol. The van der Waals surface area contributed by atoms with Gasteiger partial charge >= 0.3 is 13.1 Å². The molecule has 0 aromatic heterocycles. The molecular formula is C10H12BNO5. The maximum absolute atomic E-state index is 11.5. The molecule has 0 saturated carbocycles. The maximum atomic E-state index is 11.5. The number of carbonyl (C=O) groups excluding carboxylic acids is 1. The standard InChI is InChI=1S/C10H12BNO5/c13-9(14)4-5-12-10(15)7-2-1-3-8(6-7)11(16)17/h1-3,6,16-17H,4-5H2,(H,12,15)(H,13,14).